The first-order valence-corrected chi connectivity index (χ1v) is 7.53. The maximum absolute atomic E-state index is 10.3. The maximum atomic E-state index is 10.3. The quantitative estimate of drug-likeness (QED) is 0.592. The predicted molar refractivity (Wildman–Crippen MR) is 91.1 cm³/mol. The summed E-state index contributed by atoms with van der Waals surface area (Å²) in [5.74, 6) is 0.105. The van der Waals surface area contributed by atoms with Crippen LogP contribution in [0.25, 0.3) is 10.9 Å². The van der Waals surface area contributed by atoms with Crippen molar-refractivity contribution in [1.82, 2.24) is 4.98 Å². The zero-order chi connectivity index (χ0) is 15.0. The molecule has 106 valence electrons. The van der Waals surface area contributed by atoms with Crippen LogP contribution < -0.4 is 0 Å². The van der Waals surface area contributed by atoms with Gasteiger partial charge in [0.15, 0.2) is 5.75 Å². The molecule has 0 radical (unpaired) electrons. The lowest BCUT2D eigenvalue weighted by Crippen LogP contribution is -1.81. The first-order valence-electron chi connectivity index (χ1n) is 6.36. The lowest BCUT2D eigenvalue weighted by molar-refractivity contribution is 0.480. The summed E-state index contributed by atoms with van der Waals surface area (Å²) >= 11 is 9.57. The number of fused-ring (bicyclic) bond motifs is 1. The normalized spacial score (nSPS) is 11.6. The average molecular weight is 364 g/mol. The van der Waals surface area contributed by atoms with Gasteiger partial charge in [0.2, 0.25) is 0 Å². The summed E-state index contributed by atoms with van der Waals surface area (Å²) < 4.78 is 0.744. The molecule has 0 unspecified atom stereocenters. The number of halogens is 2. The van der Waals surface area contributed by atoms with Gasteiger partial charge in [0.1, 0.15) is 5.69 Å². The van der Waals surface area contributed by atoms with Gasteiger partial charge in [-0.15, -0.1) is 0 Å². The fourth-order valence-corrected chi connectivity index (χ4v) is 2.75. The molecule has 0 saturated carbocycles. The van der Waals surface area contributed by atoms with Crippen LogP contribution in [0.5, 0.6) is 5.75 Å². The smallest absolute Gasteiger partial charge is 0.151 e. The van der Waals surface area contributed by atoms with Gasteiger partial charge in [-0.3, -0.25) is 4.99 Å². The van der Waals surface area contributed by atoms with Crippen LogP contribution in [-0.4, -0.2) is 16.3 Å². The number of aromatic amines is 1. The number of H-pyrrole nitrogens is 1. The van der Waals surface area contributed by atoms with Crippen molar-refractivity contribution >= 4 is 50.3 Å². The van der Waals surface area contributed by atoms with Crippen molar-refractivity contribution in [2.45, 2.75) is 6.92 Å². The molecular formula is C16H12BrClN2O. The molecule has 1 aromatic heterocycles. The summed E-state index contributed by atoms with van der Waals surface area (Å²) in [5, 5.41) is 11.4. The van der Waals surface area contributed by atoms with Crippen LogP contribution in [0.1, 0.15) is 11.3 Å². The number of hydrogen-bond donors (Lipinski definition) is 2. The zero-order valence-electron chi connectivity index (χ0n) is 11.2. The molecule has 0 spiro atoms. The van der Waals surface area contributed by atoms with Crippen molar-refractivity contribution in [2.24, 2.45) is 4.99 Å². The highest BCUT2D eigenvalue weighted by molar-refractivity contribution is 9.10. The molecule has 0 aliphatic heterocycles. The molecule has 0 fully saturated rings. The fourth-order valence-electron chi connectivity index (χ4n) is 2.16. The Balaban J connectivity index is 2.08. The summed E-state index contributed by atoms with van der Waals surface area (Å²) in [7, 11) is 0. The Morgan fingerprint density at radius 3 is 2.76 bits per heavy atom. The third-order valence-corrected chi connectivity index (χ3v) is 4.59. The molecule has 0 aliphatic carbocycles. The van der Waals surface area contributed by atoms with Gasteiger partial charge in [0.05, 0.1) is 27.8 Å². The molecule has 1 heterocycles. The van der Waals surface area contributed by atoms with Gasteiger partial charge in [0.25, 0.3) is 0 Å². The van der Waals surface area contributed by atoms with Crippen LogP contribution >= 0.6 is 27.5 Å². The lowest BCUT2D eigenvalue weighted by atomic mass is 10.2. The van der Waals surface area contributed by atoms with Crippen molar-refractivity contribution in [1.29, 1.82) is 0 Å². The second kappa shape index (κ2) is 5.54. The largest absolute Gasteiger partial charge is 0.505 e. The van der Waals surface area contributed by atoms with E-state index in [1.807, 2.05) is 43.3 Å². The van der Waals surface area contributed by atoms with E-state index in [0.717, 1.165) is 21.2 Å². The number of aromatic nitrogens is 1. The monoisotopic (exact) mass is 362 g/mol. The Labute approximate surface area is 135 Å². The highest BCUT2D eigenvalue weighted by Crippen LogP contribution is 2.38. The number of aliphatic imine (C=N–C) groups is 1. The maximum Gasteiger partial charge on any atom is 0.151 e. The Morgan fingerprint density at radius 1 is 1.24 bits per heavy atom. The van der Waals surface area contributed by atoms with Crippen LogP contribution in [-0.2, 0) is 0 Å². The number of para-hydroxylation sites is 1. The van der Waals surface area contributed by atoms with E-state index in [1.54, 1.807) is 6.21 Å². The van der Waals surface area contributed by atoms with Gasteiger partial charge in [-0.1, -0.05) is 29.8 Å². The summed E-state index contributed by atoms with van der Waals surface area (Å²) in [6, 6.07) is 11.5. The van der Waals surface area contributed by atoms with Crippen molar-refractivity contribution < 1.29 is 5.11 Å². The summed E-state index contributed by atoms with van der Waals surface area (Å²) in [6.45, 7) is 1.99. The average Bonchev–Trinajstić information content (AvgIpc) is 2.79. The molecule has 0 amide bonds. The van der Waals surface area contributed by atoms with Crippen LogP contribution in [0, 0.1) is 6.92 Å². The Bertz CT molecular complexity index is 855. The number of aromatic hydroxyl groups is 1. The number of nitrogens with zero attached hydrogens (tertiary/aromatic N) is 1. The van der Waals surface area contributed by atoms with Crippen molar-refractivity contribution in [2.75, 3.05) is 0 Å². The van der Waals surface area contributed by atoms with E-state index in [9.17, 15) is 5.11 Å². The molecule has 3 aromatic rings. The van der Waals surface area contributed by atoms with Crippen molar-refractivity contribution in [3.05, 3.63) is 57.2 Å². The Hall–Kier alpha value is -1.78. The highest BCUT2D eigenvalue weighted by atomic mass is 79.9. The third-order valence-electron chi connectivity index (χ3n) is 3.30. The molecule has 0 atom stereocenters. The predicted octanol–water partition coefficient (Wildman–Crippen LogP) is 5.35. The molecule has 3 rings (SSSR count). The van der Waals surface area contributed by atoms with Gasteiger partial charge < -0.3 is 10.1 Å². The minimum Gasteiger partial charge on any atom is -0.505 e. The number of nitrogens with one attached hydrogen (secondary N) is 1. The number of aryl methyl sites for hydroxylation is 1. The van der Waals surface area contributed by atoms with Crippen LogP contribution in [0.4, 0.5) is 5.69 Å². The minimum atomic E-state index is 0.105. The molecule has 0 saturated heterocycles. The summed E-state index contributed by atoms with van der Waals surface area (Å²) in [4.78, 5) is 7.53. The van der Waals surface area contributed by atoms with Crippen molar-refractivity contribution in [3.63, 3.8) is 0 Å². The molecule has 0 bridgehead atoms. The fraction of sp³-hybridized carbons (Fsp3) is 0.0625. The second-order valence-electron chi connectivity index (χ2n) is 4.72. The molecule has 0 aliphatic rings. The molecule has 21 heavy (non-hydrogen) atoms. The number of hydrogen-bond acceptors (Lipinski definition) is 2. The van der Waals surface area contributed by atoms with E-state index in [1.165, 1.54) is 0 Å². The van der Waals surface area contributed by atoms with E-state index in [0.29, 0.717) is 16.1 Å². The van der Waals surface area contributed by atoms with E-state index in [-0.39, 0.29) is 5.75 Å². The SMILES string of the molecule is Cc1ccccc1N=Cc1[nH]c2ccc(Br)c(Cl)c2c1O. The van der Waals surface area contributed by atoms with Gasteiger partial charge in [0, 0.05) is 4.47 Å². The highest BCUT2D eigenvalue weighted by Gasteiger charge is 2.14. The first-order chi connectivity index (χ1) is 10.1. The number of benzene rings is 2. The molecule has 3 nitrogen and oxygen atoms in total. The number of rotatable bonds is 2. The summed E-state index contributed by atoms with van der Waals surface area (Å²) in [6.07, 6.45) is 1.61. The van der Waals surface area contributed by atoms with E-state index in [2.05, 4.69) is 25.9 Å². The Kier molecular flexibility index (Phi) is 3.74. The molecule has 2 aromatic carbocycles. The van der Waals surface area contributed by atoms with Gasteiger partial charge in [-0.2, -0.15) is 0 Å². The zero-order valence-corrected chi connectivity index (χ0v) is 13.5. The standard InChI is InChI=1S/C16H12BrClN2O/c1-9-4-2-3-5-11(9)19-8-13-16(21)14-12(20-13)7-6-10(17)15(14)18/h2-8,20-21H,1H3. The molecular weight excluding hydrogens is 352 g/mol. The third kappa shape index (κ3) is 2.57. The minimum absolute atomic E-state index is 0.105. The van der Waals surface area contributed by atoms with Gasteiger partial charge in [-0.05, 0) is 46.6 Å². The van der Waals surface area contributed by atoms with Crippen LogP contribution in [0.15, 0.2) is 45.9 Å². The molecule has 5 heteroatoms. The Morgan fingerprint density at radius 2 is 2.00 bits per heavy atom. The van der Waals surface area contributed by atoms with E-state index in [4.69, 9.17) is 11.6 Å². The topological polar surface area (TPSA) is 48.4 Å². The van der Waals surface area contributed by atoms with E-state index >= 15 is 0 Å². The van der Waals surface area contributed by atoms with Gasteiger partial charge in [-0.25, -0.2) is 0 Å². The van der Waals surface area contributed by atoms with Crippen LogP contribution in [0.2, 0.25) is 5.02 Å². The summed E-state index contributed by atoms with van der Waals surface area (Å²) in [5.41, 5.74) is 3.24. The first kappa shape index (κ1) is 14.2. The lowest BCUT2D eigenvalue weighted by Gasteiger charge is -1.98. The van der Waals surface area contributed by atoms with Gasteiger partial charge >= 0.3 is 0 Å². The molecule has 2 N–H and O–H groups in total. The van der Waals surface area contributed by atoms with E-state index < -0.39 is 0 Å². The second-order valence-corrected chi connectivity index (χ2v) is 5.95. The van der Waals surface area contributed by atoms with Crippen LogP contribution in [0.3, 0.4) is 0 Å². The van der Waals surface area contributed by atoms with Crippen molar-refractivity contribution in [3.8, 4) is 5.75 Å².